The number of nitrogens with zero attached hydrogens (tertiary/aromatic N) is 3. The van der Waals surface area contributed by atoms with Crippen LogP contribution < -0.4 is 9.64 Å². The third kappa shape index (κ3) is 6.08. The van der Waals surface area contributed by atoms with Crippen LogP contribution in [0, 0.1) is 0 Å². The summed E-state index contributed by atoms with van der Waals surface area (Å²) >= 11 is 5.82. The maximum Gasteiger partial charge on any atom is 0.175 e. The SMILES string of the molecule is CS(=O)(=O)c1ccc(O[C@H]2CC[C@H](OC3CCN(c4ccc(Cl)nn4)CC3)CC2)cc1. The summed E-state index contributed by atoms with van der Waals surface area (Å²) in [5.41, 5.74) is 0. The molecule has 1 aliphatic heterocycles. The summed E-state index contributed by atoms with van der Waals surface area (Å²) in [6, 6.07) is 10.3. The Bertz CT molecular complexity index is 953. The molecule has 0 amide bonds. The lowest BCUT2D eigenvalue weighted by Crippen LogP contribution is -2.40. The highest BCUT2D eigenvalue weighted by atomic mass is 35.5. The molecule has 1 saturated carbocycles. The van der Waals surface area contributed by atoms with E-state index in [4.69, 9.17) is 21.1 Å². The Morgan fingerprint density at radius 2 is 1.48 bits per heavy atom. The molecule has 4 rings (SSSR count). The lowest BCUT2D eigenvalue weighted by Gasteiger charge is -2.36. The van der Waals surface area contributed by atoms with E-state index in [0.717, 1.165) is 63.2 Å². The molecule has 2 fully saturated rings. The van der Waals surface area contributed by atoms with E-state index < -0.39 is 9.84 Å². The van der Waals surface area contributed by atoms with Gasteiger partial charge in [0.15, 0.2) is 20.8 Å². The van der Waals surface area contributed by atoms with Gasteiger partial charge in [-0.15, -0.1) is 10.2 Å². The third-order valence-corrected chi connectivity index (χ3v) is 7.27. The summed E-state index contributed by atoms with van der Waals surface area (Å²) in [5, 5.41) is 8.49. The molecule has 0 N–H and O–H groups in total. The molecule has 2 aromatic rings. The normalized spacial score (nSPS) is 23.0. The van der Waals surface area contributed by atoms with Gasteiger partial charge in [0, 0.05) is 19.3 Å². The van der Waals surface area contributed by atoms with Crippen molar-refractivity contribution in [3.05, 3.63) is 41.6 Å². The summed E-state index contributed by atoms with van der Waals surface area (Å²) < 4.78 is 35.6. The van der Waals surface area contributed by atoms with Gasteiger partial charge in [0.2, 0.25) is 0 Å². The number of ether oxygens (including phenoxy) is 2. The molecule has 0 spiro atoms. The number of benzene rings is 1. The fourth-order valence-corrected chi connectivity index (χ4v) is 4.95. The largest absolute Gasteiger partial charge is 0.490 e. The van der Waals surface area contributed by atoms with Gasteiger partial charge >= 0.3 is 0 Å². The number of rotatable bonds is 6. The van der Waals surface area contributed by atoms with Crippen molar-refractivity contribution in [2.24, 2.45) is 0 Å². The van der Waals surface area contributed by atoms with E-state index in [9.17, 15) is 8.42 Å². The van der Waals surface area contributed by atoms with E-state index in [2.05, 4.69) is 15.1 Å². The van der Waals surface area contributed by atoms with Gasteiger partial charge in [0.05, 0.1) is 23.2 Å². The molecule has 31 heavy (non-hydrogen) atoms. The van der Waals surface area contributed by atoms with Gasteiger partial charge in [-0.3, -0.25) is 0 Å². The number of halogens is 1. The molecule has 9 heteroatoms. The highest BCUT2D eigenvalue weighted by Gasteiger charge is 2.28. The van der Waals surface area contributed by atoms with E-state index in [0.29, 0.717) is 10.0 Å². The predicted molar refractivity (Wildman–Crippen MR) is 120 cm³/mol. The van der Waals surface area contributed by atoms with Crippen LogP contribution in [-0.2, 0) is 14.6 Å². The van der Waals surface area contributed by atoms with Crippen LogP contribution in [0.1, 0.15) is 38.5 Å². The van der Waals surface area contributed by atoms with Crippen LogP contribution in [-0.4, -0.2) is 56.3 Å². The summed E-state index contributed by atoms with van der Waals surface area (Å²) in [5.74, 6) is 1.58. The van der Waals surface area contributed by atoms with Crippen molar-refractivity contribution in [3.8, 4) is 5.75 Å². The number of piperidine rings is 1. The maximum absolute atomic E-state index is 11.6. The summed E-state index contributed by atoms with van der Waals surface area (Å²) in [7, 11) is -3.18. The molecule has 7 nitrogen and oxygen atoms in total. The molecule has 0 atom stereocenters. The first-order valence-electron chi connectivity index (χ1n) is 10.7. The molecule has 1 aromatic carbocycles. The number of hydrogen-bond donors (Lipinski definition) is 0. The van der Waals surface area contributed by atoms with Gasteiger partial charge in [-0.25, -0.2) is 8.42 Å². The van der Waals surface area contributed by atoms with Gasteiger partial charge < -0.3 is 14.4 Å². The fraction of sp³-hybridized carbons (Fsp3) is 0.545. The van der Waals surface area contributed by atoms with Gasteiger partial charge in [-0.1, -0.05) is 11.6 Å². The Kier molecular flexibility index (Phi) is 6.99. The number of aromatic nitrogens is 2. The molecule has 1 saturated heterocycles. The molecule has 2 heterocycles. The smallest absolute Gasteiger partial charge is 0.175 e. The van der Waals surface area contributed by atoms with Crippen LogP contribution in [0.3, 0.4) is 0 Å². The van der Waals surface area contributed by atoms with Gasteiger partial charge in [-0.2, -0.15) is 0 Å². The molecular formula is C22H28ClN3O4S. The van der Waals surface area contributed by atoms with E-state index in [1.165, 1.54) is 6.26 Å². The zero-order valence-electron chi connectivity index (χ0n) is 17.6. The topological polar surface area (TPSA) is 81.6 Å². The second-order valence-electron chi connectivity index (χ2n) is 8.30. The average Bonchev–Trinajstić information content (AvgIpc) is 2.76. The first-order chi connectivity index (χ1) is 14.9. The maximum atomic E-state index is 11.6. The minimum Gasteiger partial charge on any atom is -0.490 e. The first kappa shape index (κ1) is 22.3. The van der Waals surface area contributed by atoms with Crippen LogP contribution in [0.4, 0.5) is 5.82 Å². The zero-order valence-corrected chi connectivity index (χ0v) is 19.2. The number of hydrogen-bond acceptors (Lipinski definition) is 7. The average molecular weight is 466 g/mol. The van der Waals surface area contributed by atoms with Gasteiger partial charge in [0.1, 0.15) is 5.75 Å². The van der Waals surface area contributed by atoms with Gasteiger partial charge in [-0.05, 0) is 74.9 Å². The Labute approximate surface area is 188 Å². The van der Waals surface area contributed by atoms with Crippen molar-refractivity contribution in [2.75, 3.05) is 24.2 Å². The first-order valence-corrected chi connectivity index (χ1v) is 13.0. The monoisotopic (exact) mass is 465 g/mol. The molecule has 2 aliphatic rings. The summed E-state index contributed by atoms with van der Waals surface area (Å²) in [6.07, 6.45) is 7.72. The fourth-order valence-electron chi connectivity index (χ4n) is 4.21. The summed E-state index contributed by atoms with van der Waals surface area (Å²) in [4.78, 5) is 2.54. The van der Waals surface area contributed by atoms with E-state index >= 15 is 0 Å². The van der Waals surface area contributed by atoms with Crippen LogP contribution >= 0.6 is 11.6 Å². The number of sulfone groups is 1. The second kappa shape index (κ2) is 9.71. The lowest BCUT2D eigenvalue weighted by molar-refractivity contribution is -0.0528. The van der Waals surface area contributed by atoms with E-state index in [-0.39, 0.29) is 18.3 Å². The molecular weight excluding hydrogens is 438 g/mol. The minimum atomic E-state index is -3.18. The molecule has 0 bridgehead atoms. The zero-order chi connectivity index (χ0) is 21.8. The van der Waals surface area contributed by atoms with E-state index in [1.54, 1.807) is 30.3 Å². The highest BCUT2D eigenvalue weighted by molar-refractivity contribution is 7.90. The molecule has 1 aromatic heterocycles. The van der Waals surface area contributed by atoms with Crippen LogP contribution in [0.25, 0.3) is 0 Å². The summed E-state index contributed by atoms with van der Waals surface area (Å²) in [6.45, 7) is 1.81. The predicted octanol–water partition coefficient (Wildman–Crippen LogP) is 3.91. The Morgan fingerprint density at radius 3 is 2.06 bits per heavy atom. The number of anilines is 1. The van der Waals surface area contributed by atoms with Gasteiger partial charge in [0.25, 0.3) is 0 Å². The van der Waals surface area contributed by atoms with Crippen LogP contribution in [0.2, 0.25) is 5.15 Å². The van der Waals surface area contributed by atoms with Crippen molar-refractivity contribution in [2.45, 2.75) is 61.7 Å². The van der Waals surface area contributed by atoms with E-state index in [1.807, 2.05) is 6.07 Å². The molecule has 0 radical (unpaired) electrons. The van der Waals surface area contributed by atoms with Crippen molar-refractivity contribution < 1.29 is 17.9 Å². The third-order valence-electron chi connectivity index (χ3n) is 5.94. The van der Waals surface area contributed by atoms with Crippen LogP contribution in [0.5, 0.6) is 5.75 Å². The van der Waals surface area contributed by atoms with Crippen molar-refractivity contribution in [1.82, 2.24) is 10.2 Å². The van der Waals surface area contributed by atoms with Crippen LogP contribution in [0.15, 0.2) is 41.3 Å². The van der Waals surface area contributed by atoms with Crippen molar-refractivity contribution >= 4 is 27.3 Å². The molecule has 168 valence electrons. The Hall–Kier alpha value is -1.90. The van der Waals surface area contributed by atoms with Crippen molar-refractivity contribution in [1.29, 1.82) is 0 Å². The van der Waals surface area contributed by atoms with Crippen molar-refractivity contribution in [3.63, 3.8) is 0 Å². The molecule has 0 unspecified atom stereocenters. The quantitative estimate of drug-likeness (QED) is 0.639. The Morgan fingerprint density at radius 1 is 0.871 bits per heavy atom. The highest BCUT2D eigenvalue weighted by Crippen LogP contribution is 2.29. The Balaban J connectivity index is 1.19. The second-order valence-corrected chi connectivity index (χ2v) is 10.7. The minimum absolute atomic E-state index is 0.147. The molecule has 1 aliphatic carbocycles. The lowest BCUT2D eigenvalue weighted by atomic mass is 9.94. The standard InChI is InChI=1S/C22H28ClN3O4S/c1-31(27,28)20-8-6-18(7-9-20)29-16-2-4-17(5-3-16)30-19-12-14-26(15-13-19)22-11-10-21(23)24-25-22/h6-11,16-17,19H,2-5,12-15H2,1H3/t16-,17-.